The second-order valence-corrected chi connectivity index (χ2v) is 5.86. The lowest BCUT2D eigenvalue weighted by molar-refractivity contribution is 0.0944. The molecule has 0 aliphatic carbocycles. The summed E-state index contributed by atoms with van der Waals surface area (Å²) in [4.78, 5) is 18.9. The predicted molar refractivity (Wildman–Crippen MR) is 84.8 cm³/mol. The van der Waals surface area contributed by atoms with Crippen molar-refractivity contribution in [1.29, 1.82) is 0 Å². The second-order valence-electron chi connectivity index (χ2n) is 4.88. The molecule has 1 amide bonds. The van der Waals surface area contributed by atoms with Gasteiger partial charge in [-0.05, 0) is 26.0 Å². The molecule has 1 unspecified atom stereocenters. The number of furan rings is 1. The van der Waals surface area contributed by atoms with Crippen molar-refractivity contribution in [1.82, 2.24) is 10.3 Å². The van der Waals surface area contributed by atoms with Gasteiger partial charge in [-0.15, -0.1) is 0 Å². The number of nitrogens with two attached hydrogens (primary N) is 1. The number of amides is 1. The molecule has 0 aliphatic heterocycles. The number of carbonyl (C=O) groups is 1. The van der Waals surface area contributed by atoms with Gasteiger partial charge in [-0.1, -0.05) is 11.3 Å². The Morgan fingerprint density at radius 1 is 1.62 bits per heavy atom. The average molecular weight is 308 g/mol. The van der Waals surface area contributed by atoms with Crippen molar-refractivity contribution in [2.24, 2.45) is 0 Å². The van der Waals surface area contributed by atoms with Crippen molar-refractivity contribution in [3.63, 3.8) is 0 Å². The van der Waals surface area contributed by atoms with E-state index in [0.29, 0.717) is 11.3 Å². The predicted octanol–water partition coefficient (Wildman–Crippen LogP) is 2.14. The highest BCUT2D eigenvalue weighted by atomic mass is 32.1. The molecule has 2 aromatic heterocycles. The first kappa shape index (κ1) is 15.4. The number of anilines is 2. The van der Waals surface area contributed by atoms with E-state index in [1.54, 1.807) is 6.26 Å². The number of nitrogen functional groups attached to an aromatic ring is 1. The van der Waals surface area contributed by atoms with Crippen LogP contribution in [-0.4, -0.2) is 30.5 Å². The Bertz CT molecular complexity index is 594. The molecule has 0 saturated carbocycles. The number of carbonyl (C=O) groups excluding carboxylic acids is 1. The van der Waals surface area contributed by atoms with Gasteiger partial charge in [0.05, 0.1) is 6.26 Å². The first-order chi connectivity index (χ1) is 10.0. The van der Waals surface area contributed by atoms with E-state index < -0.39 is 0 Å². The quantitative estimate of drug-likeness (QED) is 0.854. The van der Waals surface area contributed by atoms with Gasteiger partial charge < -0.3 is 20.4 Å². The van der Waals surface area contributed by atoms with E-state index in [4.69, 9.17) is 10.2 Å². The van der Waals surface area contributed by atoms with Crippen LogP contribution in [0, 0.1) is 0 Å². The van der Waals surface area contributed by atoms with E-state index in [1.807, 2.05) is 37.9 Å². The first-order valence-corrected chi connectivity index (χ1v) is 7.63. The first-order valence-electron chi connectivity index (χ1n) is 6.82. The maximum atomic E-state index is 12.3. The smallest absolute Gasteiger partial charge is 0.265 e. The molecule has 0 fully saturated rings. The van der Waals surface area contributed by atoms with Gasteiger partial charge in [0.1, 0.15) is 16.5 Å². The summed E-state index contributed by atoms with van der Waals surface area (Å²) >= 11 is 1.30. The Kier molecular flexibility index (Phi) is 4.85. The largest absolute Gasteiger partial charge is 0.469 e. The summed E-state index contributed by atoms with van der Waals surface area (Å²) in [6.45, 7) is 4.75. The summed E-state index contributed by atoms with van der Waals surface area (Å²) in [5.41, 5.74) is 5.84. The molecule has 1 atom stereocenters. The van der Waals surface area contributed by atoms with Gasteiger partial charge in [0.15, 0.2) is 5.13 Å². The highest BCUT2D eigenvalue weighted by molar-refractivity contribution is 7.18. The molecule has 2 heterocycles. The van der Waals surface area contributed by atoms with Crippen LogP contribution in [0.4, 0.5) is 10.9 Å². The van der Waals surface area contributed by atoms with Gasteiger partial charge >= 0.3 is 0 Å². The number of nitrogens with one attached hydrogen (secondary N) is 1. The molecule has 0 radical (unpaired) electrons. The SMILES string of the molecule is CCN(C)c1nc(N)c(C(=O)NC(C)Cc2ccco2)s1. The number of thiazole rings is 1. The van der Waals surface area contributed by atoms with Crippen molar-refractivity contribution in [2.45, 2.75) is 26.3 Å². The van der Waals surface area contributed by atoms with Gasteiger partial charge in [-0.2, -0.15) is 0 Å². The Balaban J connectivity index is 2.01. The fourth-order valence-electron chi connectivity index (χ4n) is 1.85. The molecule has 2 rings (SSSR count). The molecule has 114 valence electrons. The van der Waals surface area contributed by atoms with E-state index in [-0.39, 0.29) is 17.8 Å². The van der Waals surface area contributed by atoms with Crippen LogP contribution in [0.2, 0.25) is 0 Å². The van der Waals surface area contributed by atoms with E-state index in [0.717, 1.165) is 17.4 Å². The lowest BCUT2D eigenvalue weighted by Gasteiger charge is -2.12. The summed E-state index contributed by atoms with van der Waals surface area (Å²) in [6, 6.07) is 3.67. The van der Waals surface area contributed by atoms with E-state index in [2.05, 4.69) is 10.3 Å². The number of hydrogen-bond acceptors (Lipinski definition) is 6. The Morgan fingerprint density at radius 3 is 3.00 bits per heavy atom. The van der Waals surface area contributed by atoms with Crippen molar-refractivity contribution in [3.05, 3.63) is 29.0 Å². The standard InChI is InChI=1S/C14H20N4O2S/c1-4-18(3)14-17-12(15)11(21-14)13(19)16-9(2)8-10-6-5-7-20-10/h5-7,9H,4,8,15H2,1-3H3,(H,16,19). The molecule has 0 saturated heterocycles. The van der Waals surface area contributed by atoms with Crippen LogP contribution in [0.25, 0.3) is 0 Å². The van der Waals surface area contributed by atoms with Crippen LogP contribution in [0.3, 0.4) is 0 Å². The molecule has 7 heteroatoms. The minimum atomic E-state index is -0.195. The van der Waals surface area contributed by atoms with Gasteiger partial charge in [-0.3, -0.25) is 4.79 Å². The minimum absolute atomic E-state index is 0.0440. The van der Waals surface area contributed by atoms with Crippen LogP contribution in [0.1, 0.15) is 29.3 Å². The summed E-state index contributed by atoms with van der Waals surface area (Å²) in [5, 5.41) is 3.67. The lowest BCUT2D eigenvalue weighted by atomic mass is 10.2. The number of aromatic nitrogens is 1. The third-order valence-corrected chi connectivity index (χ3v) is 4.30. The number of nitrogens with zero attached hydrogens (tertiary/aromatic N) is 2. The average Bonchev–Trinajstić information content (AvgIpc) is 3.07. The van der Waals surface area contributed by atoms with Gasteiger partial charge in [0, 0.05) is 26.1 Å². The Hall–Kier alpha value is -2.02. The van der Waals surface area contributed by atoms with Crippen molar-refractivity contribution >= 4 is 28.2 Å². The molecule has 0 spiro atoms. The van der Waals surface area contributed by atoms with Crippen molar-refractivity contribution in [2.75, 3.05) is 24.2 Å². The number of rotatable bonds is 6. The zero-order chi connectivity index (χ0) is 15.4. The topological polar surface area (TPSA) is 84.4 Å². The maximum Gasteiger partial charge on any atom is 0.265 e. The molecule has 0 bridgehead atoms. The molecule has 2 aromatic rings. The van der Waals surface area contributed by atoms with Gasteiger partial charge in [0.2, 0.25) is 0 Å². The summed E-state index contributed by atoms with van der Waals surface area (Å²) in [5.74, 6) is 0.921. The Labute approximate surface area is 128 Å². The van der Waals surface area contributed by atoms with Crippen molar-refractivity contribution in [3.8, 4) is 0 Å². The minimum Gasteiger partial charge on any atom is -0.469 e. The zero-order valence-corrected chi connectivity index (χ0v) is 13.2. The summed E-state index contributed by atoms with van der Waals surface area (Å²) < 4.78 is 5.27. The van der Waals surface area contributed by atoms with E-state index in [1.165, 1.54) is 11.3 Å². The van der Waals surface area contributed by atoms with Crippen LogP contribution >= 0.6 is 11.3 Å². The molecular formula is C14H20N4O2S. The van der Waals surface area contributed by atoms with Crippen LogP contribution in [0.5, 0.6) is 0 Å². The number of hydrogen-bond donors (Lipinski definition) is 2. The van der Waals surface area contributed by atoms with Crippen LogP contribution < -0.4 is 16.0 Å². The second kappa shape index (κ2) is 6.62. The summed E-state index contributed by atoms with van der Waals surface area (Å²) in [6.07, 6.45) is 2.26. The molecule has 0 aliphatic rings. The van der Waals surface area contributed by atoms with Crippen LogP contribution in [-0.2, 0) is 6.42 Å². The molecule has 6 nitrogen and oxygen atoms in total. The molecular weight excluding hydrogens is 288 g/mol. The maximum absolute atomic E-state index is 12.3. The monoisotopic (exact) mass is 308 g/mol. The molecule has 3 N–H and O–H groups in total. The lowest BCUT2D eigenvalue weighted by Crippen LogP contribution is -2.33. The fourth-order valence-corrected chi connectivity index (χ4v) is 2.77. The van der Waals surface area contributed by atoms with E-state index in [9.17, 15) is 4.79 Å². The van der Waals surface area contributed by atoms with Crippen molar-refractivity contribution < 1.29 is 9.21 Å². The highest BCUT2D eigenvalue weighted by Crippen LogP contribution is 2.27. The molecule has 0 aromatic carbocycles. The van der Waals surface area contributed by atoms with E-state index >= 15 is 0 Å². The van der Waals surface area contributed by atoms with Gasteiger partial charge in [-0.25, -0.2) is 4.98 Å². The Morgan fingerprint density at radius 2 is 2.38 bits per heavy atom. The third-order valence-electron chi connectivity index (χ3n) is 3.11. The van der Waals surface area contributed by atoms with Crippen LogP contribution in [0.15, 0.2) is 22.8 Å². The highest BCUT2D eigenvalue weighted by Gasteiger charge is 2.19. The fraction of sp³-hybridized carbons (Fsp3) is 0.429. The summed E-state index contributed by atoms with van der Waals surface area (Å²) in [7, 11) is 1.92. The zero-order valence-electron chi connectivity index (χ0n) is 12.4. The normalized spacial score (nSPS) is 12.1. The third kappa shape index (κ3) is 3.75. The van der Waals surface area contributed by atoms with Gasteiger partial charge in [0.25, 0.3) is 5.91 Å². The molecule has 21 heavy (non-hydrogen) atoms.